The van der Waals surface area contributed by atoms with Crippen LogP contribution in [0.5, 0.6) is 11.5 Å². The first kappa shape index (κ1) is 11.5. The zero-order chi connectivity index (χ0) is 12.4. The number of anilines is 2. The molecule has 6 heteroatoms. The molecule has 2 aromatic rings. The van der Waals surface area contributed by atoms with Gasteiger partial charge in [0.2, 0.25) is 5.95 Å². The fourth-order valence-electron chi connectivity index (χ4n) is 1.63. The van der Waals surface area contributed by atoms with Crippen molar-refractivity contribution in [1.29, 1.82) is 0 Å². The second-order valence-corrected chi connectivity index (χ2v) is 4.95. The Morgan fingerprint density at radius 3 is 2.56 bits per heavy atom. The predicted octanol–water partition coefficient (Wildman–Crippen LogP) is 2.60. The van der Waals surface area contributed by atoms with Gasteiger partial charge in [0, 0.05) is 27.7 Å². The highest BCUT2D eigenvalue weighted by molar-refractivity contribution is 14.1. The molecule has 0 amide bonds. The van der Waals surface area contributed by atoms with E-state index in [4.69, 9.17) is 9.47 Å². The minimum atomic E-state index is 0.562. The van der Waals surface area contributed by atoms with Crippen molar-refractivity contribution in [2.75, 3.05) is 18.5 Å². The molecule has 0 radical (unpaired) electrons. The minimum absolute atomic E-state index is 0.562. The lowest BCUT2D eigenvalue weighted by Gasteiger charge is -2.18. The van der Waals surface area contributed by atoms with Gasteiger partial charge in [-0.3, -0.25) is 0 Å². The van der Waals surface area contributed by atoms with E-state index in [-0.39, 0.29) is 0 Å². The van der Waals surface area contributed by atoms with Gasteiger partial charge in [0.1, 0.15) is 13.2 Å². The summed E-state index contributed by atoms with van der Waals surface area (Å²) in [5.41, 5.74) is 0.875. The highest BCUT2D eigenvalue weighted by atomic mass is 127. The molecule has 0 fully saturated rings. The zero-order valence-electron chi connectivity index (χ0n) is 9.39. The van der Waals surface area contributed by atoms with Crippen molar-refractivity contribution in [1.82, 2.24) is 9.97 Å². The van der Waals surface area contributed by atoms with Gasteiger partial charge in [0.15, 0.2) is 11.5 Å². The highest BCUT2D eigenvalue weighted by Gasteiger charge is 2.11. The molecule has 1 aromatic carbocycles. The van der Waals surface area contributed by atoms with E-state index in [0.29, 0.717) is 19.2 Å². The molecule has 0 spiro atoms. The van der Waals surface area contributed by atoms with Gasteiger partial charge < -0.3 is 14.8 Å². The lowest BCUT2D eigenvalue weighted by molar-refractivity contribution is 0.171. The molecule has 18 heavy (non-hydrogen) atoms. The maximum atomic E-state index is 5.51. The molecule has 1 aliphatic rings. The van der Waals surface area contributed by atoms with Crippen LogP contribution < -0.4 is 14.8 Å². The number of benzene rings is 1. The number of halogens is 1. The van der Waals surface area contributed by atoms with Crippen LogP contribution in [0.4, 0.5) is 11.6 Å². The smallest absolute Gasteiger partial charge is 0.227 e. The van der Waals surface area contributed by atoms with E-state index in [0.717, 1.165) is 20.8 Å². The number of nitrogens with one attached hydrogen (secondary N) is 1. The Morgan fingerprint density at radius 2 is 1.78 bits per heavy atom. The topological polar surface area (TPSA) is 56.3 Å². The number of hydrogen-bond donors (Lipinski definition) is 1. The Morgan fingerprint density at radius 1 is 1.06 bits per heavy atom. The van der Waals surface area contributed by atoms with Gasteiger partial charge in [-0.2, -0.15) is 0 Å². The molecule has 3 rings (SSSR count). The SMILES string of the molecule is Ic1cnc(Nc2ccc3c(c2)OCCO3)nc1. The summed E-state index contributed by atoms with van der Waals surface area (Å²) in [6, 6.07) is 5.67. The molecule has 1 aromatic heterocycles. The van der Waals surface area contributed by atoms with Crippen molar-refractivity contribution in [2.45, 2.75) is 0 Å². The molecule has 1 aliphatic heterocycles. The van der Waals surface area contributed by atoms with E-state index in [1.165, 1.54) is 0 Å². The first-order valence-corrected chi connectivity index (χ1v) is 6.53. The molecule has 0 unspecified atom stereocenters. The Bertz CT molecular complexity index is 560. The summed E-state index contributed by atoms with van der Waals surface area (Å²) in [5, 5.41) is 3.12. The van der Waals surface area contributed by atoms with E-state index in [1.54, 1.807) is 12.4 Å². The van der Waals surface area contributed by atoms with Gasteiger partial charge in [-0.15, -0.1) is 0 Å². The van der Waals surface area contributed by atoms with Crippen LogP contribution in [0.2, 0.25) is 0 Å². The molecule has 0 saturated carbocycles. The van der Waals surface area contributed by atoms with Gasteiger partial charge in [0.25, 0.3) is 0 Å². The lowest BCUT2D eigenvalue weighted by Crippen LogP contribution is -2.15. The Balaban J connectivity index is 1.82. The largest absolute Gasteiger partial charge is 0.486 e. The van der Waals surface area contributed by atoms with Crippen LogP contribution in [0.3, 0.4) is 0 Å². The first-order chi connectivity index (χ1) is 8.81. The Hall–Kier alpha value is -1.57. The monoisotopic (exact) mass is 355 g/mol. The molecule has 1 N–H and O–H groups in total. The highest BCUT2D eigenvalue weighted by Crippen LogP contribution is 2.33. The average Bonchev–Trinajstić information content (AvgIpc) is 2.41. The van der Waals surface area contributed by atoms with Crippen molar-refractivity contribution >= 4 is 34.2 Å². The second-order valence-electron chi connectivity index (χ2n) is 3.71. The number of aromatic nitrogens is 2. The van der Waals surface area contributed by atoms with Crippen molar-refractivity contribution in [3.8, 4) is 11.5 Å². The van der Waals surface area contributed by atoms with Gasteiger partial charge >= 0.3 is 0 Å². The van der Waals surface area contributed by atoms with Crippen LogP contribution >= 0.6 is 22.6 Å². The number of nitrogens with zero attached hydrogens (tertiary/aromatic N) is 2. The van der Waals surface area contributed by atoms with Gasteiger partial charge in [-0.05, 0) is 34.7 Å². The molecule has 0 atom stereocenters. The maximum absolute atomic E-state index is 5.51. The summed E-state index contributed by atoms with van der Waals surface area (Å²) in [6.07, 6.45) is 3.52. The third-order valence-corrected chi connectivity index (χ3v) is 2.98. The van der Waals surface area contributed by atoms with Crippen LogP contribution in [-0.2, 0) is 0 Å². The normalized spacial score (nSPS) is 13.2. The quantitative estimate of drug-likeness (QED) is 0.840. The van der Waals surface area contributed by atoms with E-state index < -0.39 is 0 Å². The molecular weight excluding hydrogens is 345 g/mol. The molecule has 0 bridgehead atoms. The number of ether oxygens (including phenoxy) is 2. The van der Waals surface area contributed by atoms with Gasteiger partial charge in [-0.25, -0.2) is 9.97 Å². The van der Waals surface area contributed by atoms with Crippen LogP contribution in [0.1, 0.15) is 0 Å². The van der Waals surface area contributed by atoms with E-state index in [1.807, 2.05) is 18.2 Å². The summed E-state index contributed by atoms with van der Waals surface area (Å²) in [4.78, 5) is 8.37. The summed E-state index contributed by atoms with van der Waals surface area (Å²) >= 11 is 2.17. The summed E-state index contributed by atoms with van der Waals surface area (Å²) in [5.74, 6) is 2.08. The molecule has 0 aliphatic carbocycles. The summed E-state index contributed by atoms with van der Waals surface area (Å²) < 4.78 is 12.0. The van der Waals surface area contributed by atoms with E-state index in [2.05, 4.69) is 37.9 Å². The van der Waals surface area contributed by atoms with E-state index in [9.17, 15) is 0 Å². The number of hydrogen-bond acceptors (Lipinski definition) is 5. The van der Waals surface area contributed by atoms with E-state index >= 15 is 0 Å². The fourth-order valence-corrected chi connectivity index (χ4v) is 1.91. The Labute approximate surface area is 118 Å². The van der Waals surface area contributed by atoms with Crippen molar-refractivity contribution in [2.24, 2.45) is 0 Å². The Kier molecular flexibility index (Phi) is 3.18. The zero-order valence-corrected chi connectivity index (χ0v) is 11.5. The van der Waals surface area contributed by atoms with Crippen molar-refractivity contribution in [3.63, 3.8) is 0 Å². The first-order valence-electron chi connectivity index (χ1n) is 5.45. The van der Waals surface area contributed by atoms with Crippen LogP contribution in [0, 0.1) is 3.57 Å². The van der Waals surface area contributed by atoms with Crippen molar-refractivity contribution < 1.29 is 9.47 Å². The minimum Gasteiger partial charge on any atom is -0.486 e. The number of rotatable bonds is 2. The molecule has 0 saturated heterocycles. The maximum Gasteiger partial charge on any atom is 0.227 e. The third-order valence-electron chi connectivity index (χ3n) is 2.42. The molecule has 2 heterocycles. The summed E-state index contributed by atoms with van der Waals surface area (Å²) in [7, 11) is 0. The average molecular weight is 355 g/mol. The molecular formula is C12H10IN3O2. The standard InChI is InChI=1S/C12H10IN3O2/c13-8-6-14-12(15-7-8)16-9-1-2-10-11(5-9)18-4-3-17-10/h1-2,5-7H,3-4H2,(H,14,15,16). The lowest BCUT2D eigenvalue weighted by atomic mass is 10.2. The summed E-state index contributed by atoms with van der Waals surface area (Å²) in [6.45, 7) is 1.18. The van der Waals surface area contributed by atoms with Gasteiger partial charge in [0.05, 0.1) is 0 Å². The van der Waals surface area contributed by atoms with Crippen molar-refractivity contribution in [3.05, 3.63) is 34.2 Å². The van der Waals surface area contributed by atoms with Gasteiger partial charge in [-0.1, -0.05) is 0 Å². The second kappa shape index (κ2) is 4.97. The van der Waals surface area contributed by atoms with Crippen LogP contribution in [0.25, 0.3) is 0 Å². The van der Waals surface area contributed by atoms with Crippen LogP contribution in [-0.4, -0.2) is 23.2 Å². The molecule has 5 nitrogen and oxygen atoms in total. The molecule has 92 valence electrons. The van der Waals surface area contributed by atoms with Crippen LogP contribution in [0.15, 0.2) is 30.6 Å². The number of fused-ring (bicyclic) bond motifs is 1. The third kappa shape index (κ3) is 2.47. The fraction of sp³-hybridized carbons (Fsp3) is 0.167. The predicted molar refractivity (Wildman–Crippen MR) is 75.5 cm³/mol.